The molecule has 2 aromatic rings. The third-order valence-electron chi connectivity index (χ3n) is 3.05. The molecule has 0 fully saturated rings. The van der Waals surface area contributed by atoms with E-state index in [1.807, 2.05) is 50.2 Å². The van der Waals surface area contributed by atoms with Crippen molar-refractivity contribution in [2.45, 2.75) is 26.8 Å². The highest BCUT2D eigenvalue weighted by molar-refractivity contribution is 6.04. The first-order valence-corrected chi connectivity index (χ1v) is 7.64. The summed E-state index contributed by atoms with van der Waals surface area (Å²) in [7, 11) is 0. The van der Waals surface area contributed by atoms with Gasteiger partial charge in [-0.1, -0.05) is 30.7 Å². The average molecular weight is 311 g/mol. The lowest BCUT2D eigenvalue weighted by Gasteiger charge is -2.10. The summed E-state index contributed by atoms with van der Waals surface area (Å²) in [5, 5.41) is 2.73. The van der Waals surface area contributed by atoms with E-state index in [1.165, 1.54) is 0 Å². The van der Waals surface area contributed by atoms with E-state index in [0.717, 1.165) is 17.7 Å². The second-order valence-corrected chi connectivity index (χ2v) is 5.11. The fourth-order valence-electron chi connectivity index (χ4n) is 1.92. The largest absolute Gasteiger partial charge is 0.465 e. The summed E-state index contributed by atoms with van der Waals surface area (Å²) >= 11 is 0. The van der Waals surface area contributed by atoms with Gasteiger partial charge in [-0.05, 0) is 37.6 Å². The second kappa shape index (κ2) is 8.68. The molecule has 1 heterocycles. The van der Waals surface area contributed by atoms with Crippen LogP contribution in [0.25, 0.3) is 0 Å². The minimum atomic E-state index is -0.232. The lowest BCUT2D eigenvalue weighted by Crippen LogP contribution is -2.33. The van der Waals surface area contributed by atoms with E-state index in [9.17, 15) is 4.79 Å². The molecule has 0 aliphatic carbocycles. The van der Waals surface area contributed by atoms with Gasteiger partial charge < -0.3 is 4.74 Å². The van der Waals surface area contributed by atoms with Crippen molar-refractivity contribution in [2.24, 2.45) is 4.99 Å². The summed E-state index contributed by atoms with van der Waals surface area (Å²) in [6, 6.07) is 13.2. The Morgan fingerprint density at radius 1 is 1.26 bits per heavy atom. The van der Waals surface area contributed by atoms with Gasteiger partial charge in [0.15, 0.2) is 0 Å². The fraction of sp³-hybridized carbons (Fsp3) is 0.278. The molecular weight excluding hydrogens is 290 g/mol. The molecule has 1 aromatic heterocycles. The monoisotopic (exact) mass is 311 g/mol. The third-order valence-corrected chi connectivity index (χ3v) is 3.05. The number of amides is 1. The van der Waals surface area contributed by atoms with Crippen molar-refractivity contribution in [1.82, 2.24) is 10.3 Å². The zero-order valence-corrected chi connectivity index (χ0v) is 13.5. The molecule has 0 saturated heterocycles. The first-order chi connectivity index (χ1) is 11.2. The smallest absolute Gasteiger partial charge is 0.292 e. The van der Waals surface area contributed by atoms with Crippen LogP contribution in [0, 0.1) is 6.92 Å². The maximum absolute atomic E-state index is 12.3. The molecule has 0 bridgehead atoms. The van der Waals surface area contributed by atoms with Crippen LogP contribution in [0.3, 0.4) is 0 Å². The summed E-state index contributed by atoms with van der Waals surface area (Å²) in [4.78, 5) is 20.8. The van der Waals surface area contributed by atoms with Crippen molar-refractivity contribution in [3.63, 3.8) is 0 Å². The lowest BCUT2D eigenvalue weighted by molar-refractivity contribution is 0.0965. The number of rotatable bonds is 5. The minimum absolute atomic E-state index is 0.226. The molecule has 0 unspecified atom stereocenters. The van der Waals surface area contributed by atoms with Gasteiger partial charge in [-0.2, -0.15) is 0 Å². The summed E-state index contributed by atoms with van der Waals surface area (Å²) < 4.78 is 5.53. The zero-order chi connectivity index (χ0) is 16.5. The van der Waals surface area contributed by atoms with Crippen LogP contribution in [0.5, 0.6) is 0 Å². The summed E-state index contributed by atoms with van der Waals surface area (Å²) in [6.45, 7) is 4.79. The number of hydrogen-bond acceptors (Lipinski definition) is 4. The Hall–Kier alpha value is -2.69. The summed E-state index contributed by atoms with van der Waals surface area (Å²) in [5.74, 6) is -0.232. The Morgan fingerprint density at radius 3 is 2.83 bits per heavy atom. The molecule has 0 saturated carbocycles. The Labute approximate surface area is 136 Å². The van der Waals surface area contributed by atoms with Crippen LogP contribution < -0.4 is 5.32 Å². The van der Waals surface area contributed by atoms with Crippen molar-refractivity contribution in [1.29, 1.82) is 0 Å². The van der Waals surface area contributed by atoms with Gasteiger partial charge in [0.05, 0.1) is 18.8 Å². The highest BCUT2D eigenvalue weighted by Crippen LogP contribution is 2.04. The number of aromatic nitrogens is 1. The number of nitrogens with zero attached hydrogens (tertiary/aromatic N) is 2. The van der Waals surface area contributed by atoms with Crippen LogP contribution in [0.2, 0.25) is 0 Å². The van der Waals surface area contributed by atoms with Gasteiger partial charge in [0, 0.05) is 11.8 Å². The van der Waals surface area contributed by atoms with Gasteiger partial charge in [0.2, 0.25) is 0 Å². The molecule has 0 atom stereocenters. The molecule has 1 amide bonds. The van der Waals surface area contributed by atoms with E-state index in [0.29, 0.717) is 18.7 Å². The number of carbonyl (C=O) groups is 1. The van der Waals surface area contributed by atoms with Gasteiger partial charge in [-0.15, -0.1) is 0 Å². The summed E-state index contributed by atoms with van der Waals surface area (Å²) in [5.41, 5.74) is 2.42. The standard InChI is InChI=1S/C18H21N3O2/c1-3-11-23-18(20-13-16-9-4-5-10-19-16)21-17(22)15-8-6-7-14(2)12-15/h4-10,12H,3,11,13H2,1-2H3,(H,20,21,22). The normalized spacial score (nSPS) is 11.1. The Bertz CT molecular complexity index is 669. The van der Waals surface area contributed by atoms with Crippen molar-refractivity contribution in [3.05, 3.63) is 65.5 Å². The SMILES string of the molecule is CCCOC(=NCc1ccccn1)NC(=O)c1cccc(C)c1. The van der Waals surface area contributed by atoms with Crippen LogP contribution in [0.15, 0.2) is 53.7 Å². The number of benzene rings is 1. The Morgan fingerprint density at radius 2 is 2.13 bits per heavy atom. The number of aliphatic imine (C=N–C) groups is 1. The first-order valence-electron chi connectivity index (χ1n) is 7.64. The molecule has 0 spiro atoms. The molecule has 120 valence electrons. The number of pyridine rings is 1. The van der Waals surface area contributed by atoms with Crippen LogP contribution >= 0.6 is 0 Å². The molecule has 0 aliphatic rings. The van der Waals surface area contributed by atoms with Crippen LogP contribution in [0.1, 0.15) is 35.0 Å². The molecule has 0 radical (unpaired) electrons. The van der Waals surface area contributed by atoms with Gasteiger partial charge >= 0.3 is 0 Å². The predicted molar refractivity (Wildman–Crippen MR) is 90.3 cm³/mol. The Balaban J connectivity index is 2.07. The van der Waals surface area contributed by atoms with Crippen molar-refractivity contribution in [2.75, 3.05) is 6.61 Å². The number of aryl methyl sites for hydroxylation is 1. The van der Waals surface area contributed by atoms with Crippen molar-refractivity contribution < 1.29 is 9.53 Å². The Kier molecular flexibility index (Phi) is 6.29. The number of ether oxygens (including phenoxy) is 1. The quantitative estimate of drug-likeness (QED) is 0.681. The molecule has 1 N–H and O–H groups in total. The van der Waals surface area contributed by atoms with Crippen LogP contribution in [0.4, 0.5) is 0 Å². The average Bonchev–Trinajstić information content (AvgIpc) is 2.58. The highest BCUT2D eigenvalue weighted by atomic mass is 16.5. The lowest BCUT2D eigenvalue weighted by atomic mass is 10.1. The number of nitrogens with one attached hydrogen (secondary N) is 1. The van der Waals surface area contributed by atoms with Gasteiger partial charge in [0.1, 0.15) is 0 Å². The summed E-state index contributed by atoms with van der Waals surface area (Å²) in [6.07, 6.45) is 2.55. The maximum atomic E-state index is 12.3. The van der Waals surface area contributed by atoms with E-state index in [1.54, 1.807) is 12.3 Å². The number of amidine groups is 1. The van der Waals surface area contributed by atoms with E-state index in [4.69, 9.17) is 4.74 Å². The van der Waals surface area contributed by atoms with E-state index in [2.05, 4.69) is 15.3 Å². The number of hydrogen-bond donors (Lipinski definition) is 1. The molecule has 2 rings (SSSR count). The van der Waals surface area contributed by atoms with E-state index in [-0.39, 0.29) is 11.9 Å². The maximum Gasteiger partial charge on any atom is 0.292 e. The molecule has 23 heavy (non-hydrogen) atoms. The topological polar surface area (TPSA) is 63.6 Å². The molecule has 5 nitrogen and oxygen atoms in total. The molecule has 1 aromatic carbocycles. The first kappa shape index (κ1) is 16.7. The fourth-order valence-corrected chi connectivity index (χ4v) is 1.92. The zero-order valence-electron chi connectivity index (χ0n) is 13.5. The third kappa shape index (κ3) is 5.54. The molecular formula is C18H21N3O2. The van der Waals surface area contributed by atoms with Crippen LogP contribution in [-0.4, -0.2) is 23.5 Å². The molecule has 0 aliphatic heterocycles. The van der Waals surface area contributed by atoms with Gasteiger partial charge in [-0.3, -0.25) is 15.1 Å². The predicted octanol–water partition coefficient (Wildman–Crippen LogP) is 3.10. The highest BCUT2D eigenvalue weighted by Gasteiger charge is 2.10. The number of carbonyl (C=O) groups excluding carboxylic acids is 1. The van der Waals surface area contributed by atoms with Gasteiger partial charge in [0.25, 0.3) is 11.9 Å². The van der Waals surface area contributed by atoms with Gasteiger partial charge in [-0.25, -0.2) is 4.99 Å². The van der Waals surface area contributed by atoms with Crippen LogP contribution in [-0.2, 0) is 11.3 Å². The van der Waals surface area contributed by atoms with E-state index < -0.39 is 0 Å². The van der Waals surface area contributed by atoms with Crippen molar-refractivity contribution in [3.8, 4) is 0 Å². The minimum Gasteiger partial charge on any atom is -0.465 e. The van der Waals surface area contributed by atoms with Crippen molar-refractivity contribution >= 4 is 11.9 Å². The molecule has 5 heteroatoms. The van der Waals surface area contributed by atoms with E-state index >= 15 is 0 Å². The second-order valence-electron chi connectivity index (χ2n) is 5.11.